The molecule has 1 aliphatic rings. The highest BCUT2D eigenvalue weighted by atomic mass is 19.3. The Labute approximate surface area is 105 Å². The minimum absolute atomic E-state index is 0.395. The SMILES string of the molecule is Cc1ccc(F)cc1[C@H](C(F)F)N1CCNCC1. The van der Waals surface area contributed by atoms with Crippen molar-refractivity contribution in [1.29, 1.82) is 0 Å². The molecule has 0 aliphatic carbocycles. The van der Waals surface area contributed by atoms with Crippen LogP contribution in [-0.2, 0) is 0 Å². The molecule has 2 nitrogen and oxygen atoms in total. The van der Waals surface area contributed by atoms with Gasteiger partial charge >= 0.3 is 0 Å². The van der Waals surface area contributed by atoms with E-state index in [1.807, 2.05) is 0 Å². The topological polar surface area (TPSA) is 15.3 Å². The van der Waals surface area contributed by atoms with Gasteiger partial charge in [0.2, 0.25) is 0 Å². The third-order valence-electron chi connectivity index (χ3n) is 3.34. The molecule has 1 heterocycles. The molecule has 100 valence electrons. The lowest BCUT2D eigenvalue weighted by Crippen LogP contribution is -2.47. The predicted octanol–water partition coefficient (Wildman–Crippen LogP) is 2.35. The number of piperazine rings is 1. The third-order valence-corrected chi connectivity index (χ3v) is 3.34. The van der Waals surface area contributed by atoms with Crippen LogP contribution in [0.5, 0.6) is 0 Å². The van der Waals surface area contributed by atoms with E-state index < -0.39 is 18.3 Å². The minimum Gasteiger partial charge on any atom is -0.314 e. The fourth-order valence-corrected chi connectivity index (χ4v) is 2.38. The monoisotopic (exact) mass is 258 g/mol. The predicted molar refractivity (Wildman–Crippen MR) is 64.3 cm³/mol. The zero-order valence-corrected chi connectivity index (χ0v) is 10.3. The number of hydrogen-bond acceptors (Lipinski definition) is 2. The van der Waals surface area contributed by atoms with Crippen molar-refractivity contribution in [3.63, 3.8) is 0 Å². The van der Waals surface area contributed by atoms with E-state index in [0.717, 1.165) is 0 Å². The first-order valence-corrected chi connectivity index (χ1v) is 6.08. The standard InChI is InChI=1S/C13H17F3N2/c1-9-2-3-10(14)8-11(9)12(13(15)16)18-6-4-17-5-7-18/h2-3,8,12-13,17H,4-7H2,1H3/t12-/m1/s1. The van der Waals surface area contributed by atoms with Crippen LogP contribution < -0.4 is 5.32 Å². The van der Waals surface area contributed by atoms with Crippen LogP contribution in [0.15, 0.2) is 18.2 Å². The molecule has 0 unspecified atom stereocenters. The molecule has 1 atom stereocenters. The highest BCUT2D eigenvalue weighted by Crippen LogP contribution is 2.30. The summed E-state index contributed by atoms with van der Waals surface area (Å²) < 4.78 is 39.9. The molecule has 1 aromatic rings. The van der Waals surface area contributed by atoms with Gasteiger partial charge in [0.05, 0.1) is 6.04 Å². The van der Waals surface area contributed by atoms with Crippen LogP contribution in [0.25, 0.3) is 0 Å². The molecule has 0 amide bonds. The molecule has 2 rings (SSSR count). The van der Waals surface area contributed by atoms with E-state index in [4.69, 9.17) is 0 Å². The van der Waals surface area contributed by atoms with E-state index in [2.05, 4.69) is 5.32 Å². The smallest absolute Gasteiger partial charge is 0.258 e. The Hall–Kier alpha value is -1.07. The van der Waals surface area contributed by atoms with Gasteiger partial charge < -0.3 is 5.32 Å². The van der Waals surface area contributed by atoms with Crippen LogP contribution in [0.3, 0.4) is 0 Å². The fraction of sp³-hybridized carbons (Fsp3) is 0.538. The maximum atomic E-state index is 13.3. The summed E-state index contributed by atoms with van der Waals surface area (Å²) in [5, 5.41) is 3.13. The summed E-state index contributed by atoms with van der Waals surface area (Å²) in [6.45, 7) is 4.25. The van der Waals surface area contributed by atoms with Gasteiger partial charge in [0.15, 0.2) is 0 Å². The zero-order chi connectivity index (χ0) is 13.1. The summed E-state index contributed by atoms with van der Waals surface area (Å²) in [7, 11) is 0. The molecule has 5 heteroatoms. The van der Waals surface area contributed by atoms with Gasteiger partial charge in [-0.3, -0.25) is 4.90 Å². The molecule has 0 spiro atoms. The molecular formula is C13H17F3N2. The molecule has 1 aromatic carbocycles. The summed E-state index contributed by atoms with van der Waals surface area (Å²) in [6.07, 6.45) is -2.51. The quantitative estimate of drug-likeness (QED) is 0.895. The number of hydrogen-bond donors (Lipinski definition) is 1. The Morgan fingerprint density at radius 3 is 2.50 bits per heavy atom. The first-order chi connectivity index (χ1) is 8.59. The summed E-state index contributed by atoms with van der Waals surface area (Å²) in [5.41, 5.74) is 1.10. The molecule has 0 aromatic heterocycles. The lowest BCUT2D eigenvalue weighted by molar-refractivity contribution is 0.0177. The van der Waals surface area contributed by atoms with Gasteiger partial charge in [-0.05, 0) is 30.2 Å². The Morgan fingerprint density at radius 1 is 1.22 bits per heavy atom. The van der Waals surface area contributed by atoms with Gasteiger partial charge in [-0.1, -0.05) is 6.07 Å². The van der Waals surface area contributed by atoms with Crippen molar-refractivity contribution in [3.8, 4) is 0 Å². The van der Waals surface area contributed by atoms with Gasteiger partial charge in [-0.2, -0.15) is 0 Å². The number of aryl methyl sites for hydroxylation is 1. The second-order valence-corrected chi connectivity index (χ2v) is 4.57. The van der Waals surface area contributed by atoms with Crippen molar-refractivity contribution in [2.24, 2.45) is 0 Å². The van der Waals surface area contributed by atoms with Crippen molar-refractivity contribution in [2.45, 2.75) is 19.4 Å². The fourth-order valence-electron chi connectivity index (χ4n) is 2.38. The average molecular weight is 258 g/mol. The molecule has 1 saturated heterocycles. The molecule has 0 radical (unpaired) electrons. The third kappa shape index (κ3) is 2.84. The highest BCUT2D eigenvalue weighted by molar-refractivity contribution is 5.30. The van der Waals surface area contributed by atoms with Crippen LogP contribution in [0, 0.1) is 12.7 Å². The van der Waals surface area contributed by atoms with E-state index in [1.165, 1.54) is 12.1 Å². The second-order valence-electron chi connectivity index (χ2n) is 4.57. The van der Waals surface area contributed by atoms with E-state index in [1.54, 1.807) is 17.9 Å². The Balaban J connectivity index is 2.31. The Bertz CT molecular complexity index is 403. The average Bonchev–Trinajstić information content (AvgIpc) is 2.35. The molecule has 1 fully saturated rings. The molecule has 18 heavy (non-hydrogen) atoms. The number of nitrogens with zero attached hydrogens (tertiary/aromatic N) is 1. The first-order valence-electron chi connectivity index (χ1n) is 6.08. The Kier molecular flexibility index (Phi) is 4.24. The van der Waals surface area contributed by atoms with Crippen LogP contribution >= 0.6 is 0 Å². The normalized spacial score (nSPS) is 19.2. The number of rotatable bonds is 3. The largest absolute Gasteiger partial charge is 0.314 e. The summed E-state index contributed by atoms with van der Waals surface area (Å²) >= 11 is 0. The van der Waals surface area contributed by atoms with E-state index in [0.29, 0.717) is 37.3 Å². The van der Waals surface area contributed by atoms with Gasteiger partial charge in [0.1, 0.15) is 5.82 Å². The number of alkyl halides is 2. The molecule has 0 bridgehead atoms. The zero-order valence-electron chi connectivity index (χ0n) is 10.3. The minimum atomic E-state index is -2.51. The van der Waals surface area contributed by atoms with E-state index >= 15 is 0 Å². The summed E-state index contributed by atoms with van der Waals surface area (Å²) in [6, 6.07) is 3.08. The van der Waals surface area contributed by atoms with Gasteiger partial charge in [0, 0.05) is 26.2 Å². The number of halogens is 3. The van der Waals surface area contributed by atoms with Crippen LogP contribution in [0.1, 0.15) is 17.2 Å². The van der Waals surface area contributed by atoms with Crippen LogP contribution in [0.2, 0.25) is 0 Å². The maximum absolute atomic E-state index is 13.3. The maximum Gasteiger partial charge on any atom is 0.258 e. The van der Waals surface area contributed by atoms with E-state index in [9.17, 15) is 13.2 Å². The van der Waals surface area contributed by atoms with Crippen molar-refractivity contribution in [3.05, 3.63) is 35.1 Å². The van der Waals surface area contributed by atoms with Crippen molar-refractivity contribution in [1.82, 2.24) is 10.2 Å². The lowest BCUT2D eigenvalue weighted by Gasteiger charge is -2.35. The van der Waals surface area contributed by atoms with Gasteiger partial charge in [-0.25, -0.2) is 13.2 Å². The highest BCUT2D eigenvalue weighted by Gasteiger charge is 2.31. The van der Waals surface area contributed by atoms with Crippen LogP contribution in [0.4, 0.5) is 13.2 Å². The van der Waals surface area contributed by atoms with Gasteiger partial charge in [-0.15, -0.1) is 0 Å². The van der Waals surface area contributed by atoms with Crippen molar-refractivity contribution in [2.75, 3.05) is 26.2 Å². The lowest BCUT2D eigenvalue weighted by atomic mass is 9.99. The van der Waals surface area contributed by atoms with E-state index in [-0.39, 0.29) is 0 Å². The summed E-state index contributed by atoms with van der Waals surface area (Å²) in [5.74, 6) is -0.462. The number of benzene rings is 1. The van der Waals surface area contributed by atoms with Crippen LogP contribution in [-0.4, -0.2) is 37.5 Å². The Morgan fingerprint density at radius 2 is 1.89 bits per heavy atom. The second kappa shape index (κ2) is 5.71. The summed E-state index contributed by atoms with van der Waals surface area (Å²) in [4.78, 5) is 1.73. The molecule has 0 saturated carbocycles. The molecular weight excluding hydrogens is 241 g/mol. The number of nitrogens with one attached hydrogen (secondary N) is 1. The van der Waals surface area contributed by atoms with Gasteiger partial charge in [0.25, 0.3) is 6.43 Å². The first kappa shape index (κ1) is 13.4. The molecule has 1 N–H and O–H groups in total. The van der Waals surface area contributed by atoms with Crippen molar-refractivity contribution < 1.29 is 13.2 Å². The molecule has 1 aliphatic heterocycles. The van der Waals surface area contributed by atoms with Crippen molar-refractivity contribution >= 4 is 0 Å².